The van der Waals surface area contributed by atoms with Gasteiger partial charge < -0.3 is 10.1 Å². The Hall–Kier alpha value is -0.590. The molecule has 6 heteroatoms. The van der Waals surface area contributed by atoms with E-state index in [0.29, 0.717) is 11.8 Å². The maximum absolute atomic E-state index is 11.7. The van der Waals surface area contributed by atoms with Crippen molar-refractivity contribution in [3.63, 3.8) is 0 Å². The predicted octanol–water partition coefficient (Wildman–Crippen LogP) is 3.15. The van der Waals surface area contributed by atoms with E-state index < -0.39 is 9.84 Å². The van der Waals surface area contributed by atoms with E-state index in [4.69, 9.17) is 4.74 Å². The zero-order valence-corrected chi connectivity index (χ0v) is 15.4. The van der Waals surface area contributed by atoms with Crippen LogP contribution in [0.15, 0.2) is 22.7 Å². The van der Waals surface area contributed by atoms with E-state index in [1.54, 1.807) is 13.8 Å². The highest BCUT2D eigenvalue weighted by molar-refractivity contribution is 9.10. The molecule has 0 radical (unpaired) electrons. The third-order valence-corrected chi connectivity index (χ3v) is 6.02. The van der Waals surface area contributed by atoms with Crippen LogP contribution in [0.5, 0.6) is 5.75 Å². The molecule has 0 amide bonds. The minimum atomic E-state index is -3.05. The van der Waals surface area contributed by atoms with E-state index in [0.717, 1.165) is 16.6 Å². The summed E-state index contributed by atoms with van der Waals surface area (Å²) in [6.07, 6.45) is 0. The number of nitrogens with one attached hydrogen (secondary N) is 1. The largest absolute Gasteiger partial charge is 0.493 e. The first-order chi connectivity index (χ1) is 9.72. The van der Waals surface area contributed by atoms with Crippen molar-refractivity contribution in [3.8, 4) is 5.75 Å². The van der Waals surface area contributed by atoms with Crippen molar-refractivity contribution < 1.29 is 13.2 Å². The first kappa shape index (κ1) is 18.5. The second-order valence-electron chi connectivity index (χ2n) is 5.55. The summed E-state index contributed by atoms with van der Waals surface area (Å²) in [7, 11) is -3.05. The quantitative estimate of drug-likeness (QED) is 0.755. The van der Waals surface area contributed by atoms with Gasteiger partial charge in [0.1, 0.15) is 12.4 Å². The van der Waals surface area contributed by atoms with Crippen molar-refractivity contribution in [2.24, 2.45) is 0 Å². The van der Waals surface area contributed by atoms with Crippen molar-refractivity contribution in [3.05, 3.63) is 28.2 Å². The number of rotatable bonds is 8. The fourth-order valence-corrected chi connectivity index (χ4v) is 2.78. The Balaban J connectivity index is 2.62. The van der Waals surface area contributed by atoms with E-state index in [-0.39, 0.29) is 17.6 Å². The zero-order valence-electron chi connectivity index (χ0n) is 13.0. The number of hydrogen-bond donors (Lipinski definition) is 1. The Morgan fingerprint density at radius 3 is 2.48 bits per heavy atom. The van der Waals surface area contributed by atoms with Crippen LogP contribution in [0.4, 0.5) is 0 Å². The van der Waals surface area contributed by atoms with Gasteiger partial charge in [-0.25, -0.2) is 8.42 Å². The Kier molecular flexibility index (Phi) is 7.16. The van der Waals surface area contributed by atoms with Gasteiger partial charge in [-0.05, 0) is 37.6 Å². The van der Waals surface area contributed by atoms with Crippen LogP contribution in [0.3, 0.4) is 0 Å². The lowest BCUT2D eigenvalue weighted by molar-refractivity contribution is 0.340. The smallest absolute Gasteiger partial charge is 0.155 e. The van der Waals surface area contributed by atoms with E-state index in [1.165, 1.54) is 0 Å². The molecule has 0 aromatic heterocycles. The molecule has 0 aliphatic carbocycles. The van der Waals surface area contributed by atoms with Gasteiger partial charge in [-0.15, -0.1) is 0 Å². The first-order valence-corrected chi connectivity index (χ1v) is 9.59. The van der Waals surface area contributed by atoms with Crippen LogP contribution in [-0.2, 0) is 16.4 Å². The molecule has 0 saturated carbocycles. The molecule has 0 heterocycles. The van der Waals surface area contributed by atoms with Gasteiger partial charge in [0.25, 0.3) is 0 Å². The SMILES string of the molecule is CC(C)NCc1cc(OCCS(=O)(=O)C(C)C)ccc1Br. The zero-order chi connectivity index (χ0) is 16.0. The summed E-state index contributed by atoms with van der Waals surface area (Å²) in [6.45, 7) is 8.46. The normalized spacial score (nSPS) is 12.1. The van der Waals surface area contributed by atoms with Crippen molar-refractivity contribution in [1.29, 1.82) is 0 Å². The van der Waals surface area contributed by atoms with Crippen LogP contribution in [-0.4, -0.2) is 32.1 Å². The Morgan fingerprint density at radius 1 is 1.24 bits per heavy atom. The Morgan fingerprint density at radius 2 is 1.90 bits per heavy atom. The van der Waals surface area contributed by atoms with Gasteiger partial charge in [0.15, 0.2) is 9.84 Å². The fraction of sp³-hybridized carbons (Fsp3) is 0.600. The molecule has 21 heavy (non-hydrogen) atoms. The van der Waals surface area contributed by atoms with Crippen molar-refractivity contribution in [2.45, 2.75) is 45.5 Å². The van der Waals surface area contributed by atoms with Crippen LogP contribution in [0.2, 0.25) is 0 Å². The molecular weight excluding hydrogens is 354 g/mol. The third kappa shape index (κ3) is 6.36. The third-order valence-electron chi connectivity index (χ3n) is 3.07. The second-order valence-corrected chi connectivity index (χ2v) is 9.08. The van der Waals surface area contributed by atoms with Gasteiger partial charge in [-0.1, -0.05) is 29.8 Å². The Labute approximate surface area is 136 Å². The van der Waals surface area contributed by atoms with Gasteiger partial charge in [-0.3, -0.25) is 0 Å². The summed E-state index contributed by atoms with van der Waals surface area (Å²) >= 11 is 3.51. The summed E-state index contributed by atoms with van der Waals surface area (Å²) in [6, 6.07) is 6.09. The van der Waals surface area contributed by atoms with Crippen molar-refractivity contribution in [2.75, 3.05) is 12.4 Å². The minimum absolute atomic E-state index is 0.0420. The molecule has 0 saturated heterocycles. The molecule has 0 fully saturated rings. The molecule has 1 aromatic carbocycles. The molecule has 0 unspecified atom stereocenters. The van der Waals surface area contributed by atoms with Crippen molar-refractivity contribution in [1.82, 2.24) is 5.32 Å². The summed E-state index contributed by atoms with van der Waals surface area (Å²) in [4.78, 5) is 0. The molecular formula is C15H24BrNO3S. The standard InChI is InChI=1S/C15H24BrNO3S/c1-11(2)17-10-13-9-14(5-6-15(13)16)20-7-8-21(18,19)12(3)4/h5-6,9,11-12,17H,7-8,10H2,1-4H3. The van der Waals surface area contributed by atoms with Crippen LogP contribution in [0.1, 0.15) is 33.3 Å². The molecule has 120 valence electrons. The summed E-state index contributed by atoms with van der Waals surface area (Å²) < 4.78 is 30.0. The minimum Gasteiger partial charge on any atom is -0.493 e. The average molecular weight is 378 g/mol. The molecule has 0 bridgehead atoms. The molecule has 0 atom stereocenters. The molecule has 0 aliphatic rings. The number of benzene rings is 1. The number of sulfone groups is 1. The van der Waals surface area contributed by atoms with Gasteiger partial charge in [0.2, 0.25) is 0 Å². The van der Waals surface area contributed by atoms with Gasteiger partial charge >= 0.3 is 0 Å². The van der Waals surface area contributed by atoms with E-state index in [1.807, 2.05) is 18.2 Å². The molecule has 0 spiro atoms. The maximum Gasteiger partial charge on any atom is 0.155 e. The lowest BCUT2D eigenvalue weighted by Crippen LogP contribution is -2.22. The van der Waals surface area contributed by atoms with E-state index >= 15 is 0 Å². The van der Waals surface area contributed by atoms with Crippen LogP contribution in [0, 0.1) is 0 Å². The van der Waals surface area contributed by atoms with E-state index in [2.05, 4.69) is 35.1 Å². The van der Waals surface area contributed by atoms with Crippen LogP contribution >= 0.6 is 15.9 Å². The molecule has 0 aliphatic heterocycles. The van der Waals surface area contributed by atoms with Crippen LogP contribution < -0.4 is 10.1 Å². The van der Waals surface area contributed by atoms with E-state index in [9.17, 15) is 8.42 Å². The molecule has 4 nitrogen and oxygen atoms in total. The lowest BCUT2D eigenvalue weighted by Gasteiger charge is -2.13. The van der Waals surface area contributed by atoms with Crippen LogP contribution in [0.25, 0.3) is 0 Å². The number of hydrogen-bond acceptors (Lipinski definition) is 4. The van der Waals surface area contributed by atoms with Crippen molar-refractivity contribution >= 4 is 25.8 Å². The number of halogens is 1. The topological polar surface area (TPSA) is 55.4 Å². The predicted molar refractivity (Wildman–Crippen MR) is 90.5 cm³/mol. The first-order valence-electron chi connectivity index (χ1n) is 7.08. The average Bonchev–Trinajstić information content (AvgIpc) is 2.38. The Bertz CT molecular complexity index is 556. The monoisotopic (exact) mass is 377 g/mol. The highest BCUT2D eigenvalue weighted by Gasteiger charge is 2.15. The molecule has 1 rings (SSSR count). The summed E-state index contributed by atoms with van der Waals surface area (Å²) in [5.74, 6) is 0.734. The van der Waals surface area contributed by atoms with Gasteiger partial charge in [-0.2, -0.15) is 0 Å². The fourth-order valence-electron chi connectivity index (χ4n) is 1.60. The van der Waals surface area contributed by atoms with Gasteiger partial charge in [0, 0.05) is 17.1 Å². The van der Waals surface area contributed by atoms with Gasteiger partial charge in [0.05, 0.1) is 11.0 Å². The maximum atomic E-state index is 11.7. The highest BCUT2D eigenvalue weighted by Crippen LogP contribution is 2.22. The molecule has 1 aromatic rings. The molecule has 1 N–H and O–H groups in total. The second kappa shape index (κ2) is 8.15. The lowest BCUT2D eigenvalue weighted by atomic mass is 10.2. The number of ether oxygens (including phenoxy) is 1. The highest BCUT2D eigenvalue weighted by atomic mass is 79.9. The summed E-state index contributed by atoms with van der Waals surface area (Å²) in [5, 5.41) is 2.98. The summed E-state index contributed by atoms with van der Waals surface area (Å²) in [5.41, 5.74) is 1.09.